The molecule has 7 heteroatoms. The molecule has 1 unspecified atom stereocenters. The van der Waals surface area contributed by atoms with Crippen LogP contribution < -0.4 is 5.32 Å². The molecule has 2 saturated heterocycles. The average molecular weight is 428 g/mol. The van der Waals surface area contributed by atoms with E-state index in [4.69, 9.17) is 0 Å². The molecule has 6 nitrogen and oxygen atoms in total. The monoisotopic (exact) mass is 427 g/mol. The van der Waals surface area contributed by atoms with E-state index in [9.17, 15) is 13.2 Å². The van der Waals surface area contributed by atoms with Crippen LogP contribution in [0.2, 0.25) is 0 Å². The number of anilines is 1. The number of sulfonamides is 1. The van der Waals surface area contributed by atoms with Gasteiger partial charge in [-0.25, -0.2) is 8.42 Å². The van der Waals surface area contributed by atoms with E-state index in [1.54, 1.807) is 24.3 Å². The van der Waals surface area contributed by atoms with Gasteiger partial charge in [0.1, 0.15) is 0 Å². The third kappa shape index (κ3) is 4.58. The van der Waals surface area contributed by atoms with Crippen molar-refractivity contribution in [1.29, 1.82) is 0 Å². The first-order chi connectivity index (χ1) is 14.4. The Hall–Kier alpha value is -2.22. The molecule has 2 fully saturated rings. The van der Waals surface area contributed by atoms with Gasteiger partial charge in [-0.3, -0.25) is 9.69 Å². The molecule has 2 aliphatic heterocycles. The van der Waals surface area contributed by atoms with Gasteiger partial charge in [-0.05, 0) is 62.9 Å². The largest absolute Gasteiger partial charge is 0.325 e. The molecule has 2 aromatic rings. The maximum absolute atomic E-state index is 12.8. The molecule has 0 aliphatic carbocycles. The van der Waals surface area contributed by atoms with Crippen molar-refractivity contribution in [2.75, 3.05) is 31.5 Å². The molecule has 0 aromatic heterocycles. The molecule has 0 spiro atoms. The van der Waals surface area contributed by atoms with E-state index in [-0.39, 0.29) is 16.8 Å². The van der Waals surface area contributed by atoms with Crippen LogP contribution in [-0.2, 0) is 14.8 Å². The highest BCUT2D eigenvalue weighted by Crippen LogP contribution is 2.32. The molecule has 30 heavy (non-hydrogen) atoms. The Labute approximate surface area is 178 Å². The summed E-state index contributed by atoms with van der Waals surface area (Å²) in [4.78, 5) is 15.2. The van der Waals surface area contributed by atoms with E-state index in [1.165, 1.54) is 15.4 Å². The minimum Gasteiger partial charge on any atom is -0.325 e. The molecule has 2 aromatic carbocycles. The molecule has 1 amide bonds. The van der Waals surface area contributed by atoms with E-state index in [0.29, 0.717) is 25.3 Å². The van der Waals surface area contributed by atoms with Crippen LogP contribution in [0.15, 0.2) is 53.4 Å². The maximum atomic E-state index is 12.8. The fraction of sp³-hybridized carbons (Fsp3) is 0.435. The summed E-state index contributed by atoms with van der Waals surface area (Å²) in [5, 5.41) is 2.89. The minimum absolute atomic E-state index is 0.120. The molecule has 160 valence electrons. The molecule has 1 atom stereocenters. The Kier molecular flexibility index (Phi) is 6.22. The summed E-state index contributed by atoms with van der Waals surface area (Å²) < 4.78 is 27.1. The van der Waals surface area contributed by atoms with Crippen LogP contribution in [0, 0.1) is 6.92 Å². The molecule has 2 aliphatic rings. The predicted octanol–water partition coefficient (Wildman–Crippen LogP) is 3.56. The van der Waals surface area contributed by atoms with E-state index < -0.39 is 10.0 Å². The number of aryl methyl sites for hydroxylation is 1. The first-order valence-electron chi connectivity index (χ1n) is 10.6. The van der Waals surface area contributed by atoms with E-state index in [2.05, 4.69) is 41.4 Å². The van der Waals surface area contributed by atoms with Gasteiger partial charge in [-0.2, -0.15) is 4.31 Å². The first kappa shape index (κ1) is 21.0. The van der Waals surface area contributed by atoms with Gasteiger partial charge >= 0.3 is 0 Å². The fourth-order valence-electron chi connectivity index (χ4n) is 4.47. The van der Waals surface area contributed by atoms with Gasteiger partial charge in [0.05, 0.1) is 11.4 Å². The number of benzene rings is 2. The summed E-state index contributed by atoms with van der Waals surface area (Å²) in [5.74, 6) is -0.120. The molecule has 2 heterocycles. The second kappa shape index (κ2) is 8.88. The van der Waals surface area contributed by atoms with Crippen molar-refractivity contribution in [1.82, 2.24) is 9.21 Å². The van der Waals surface area contributed by atoms with Crippen LogP contribution >= 0.6 is 0 Å². The molecular formula is C23H29N3O3S. The SMILES string of the molecule is Cc1cccc(C2CCCN2CC(=O)Nc2cccc(S(=O)(=O)N3CCCC3)c2)c1. The molecule has 0 saturated carbocycles. The van der Waals surface area contributed by atoms with Crippen molar-refractivity contribution in [2.45, 2.75) is 43.5 Å². The number of rotatable bonds is 6. The standard InChI is InChI=1S/C23H29N3O3S/c1-18-7-4-8-19(15-18)22-11-6-12-25(22)17-23(27)24-20-9-5-10-21(16-20)30(28,29)26-13-2-3-14-26/h4-5,7-10,15-16,22H,2-3,6,11-14,17H2,1H3,(H,24,27). The Bertz CT molecular complexity index is 1020. The Balaban J connectivity index is 1.43. The van der Waals surface area contributed by atoms with Crippen molar-refractivity contribution in [3.63, 3.8) is 0 Å². The topological polar surface area (TPSA) is 69.7 Å². The van der Waals surface area contributed by atoms with Crippen molar-refractivity contribution in [3.8, 4) is 0 Å². The van der Waals surface area contributed by atoms with Crippen LogP contribution in [0.1, 0.15) is 42.9 Å². The third-order valence-corrected chi connectivity index (χ3v) is 7.85. The number of nitrogens with zero attached hydrogens (tertiary/aromatic N) is 2. The molecule has 4 rings (SSSR count). The fourth-order valence-corrected chi connectivity index (χ4v) is 6.03. The number of hydrogen-bond donors (Lipinski definition) is 1. The average Bonchev–Trinajstić information content (AvgIpc) is 3.40. The zero-order valence-corrected chi connectivity index (χ0v) is 18.2. The van der Waals surface area contributed by atoms with Crippen molar-refractivity contribution < 1.29 is 13.2 Å². The lowest BCUT2D eigenvalue weighted by molar-refractivity contribution is -0.117. The highest BCUT2D eigenvalue weighted by Gasteiger charge is 2.29. The van der Waals surface area contributed by atoms with Gasteiger partial charge in [-0.15, -0.1) is 0 Å². The van der Waals surface area contributed by atoms with Gasteiger partial charge in [0, 0.05) is 24.8 Å². The lowest BCUT2D eigenvalue weighted by Crippen LogP contribution is -2.33. The normalized spacial score (nSPS) is 20.5. The quantitative estimate of drug-likeness (QED) is 0.765. The van der Waals surface area contributed by atoms with Gasteiger partial charge in [0.25, 0.3) is 0 Å². The van der Waals surface area contributed by atoms with Crippen LogP contribution in [0.3, 0.4) is 0 Å². The van der Waals surface area contributed by atoms with Gasteiger partial charge in [0.15, 0.2) is 0 Å². The van der Waals surface area contributed by atoms with Crippen molar-refractivity contribution >= 4 is 21.6 Å². The number of amides is 1. The number of carbonyl (C=O) groups excluding carboxylic acids is 1. The molecular weight excluding hydrogens is 398 g/mol. The van der Waals surface area contributed by atoms with Gasteiger partial charge in [0.2, 0.25) is 15.9 Å². The highest BCUT2D eigenvalue weighted by molar-refractivity contribution is 7.89. The second-order valence-electron chi connectivity index (χ2n) is 8.23. The van der Waals surface area contributed by atoms with Crippen LogP contribution in [0.25, 0.3) is 0 Å². The molecule has 0 radical (unpaired) electrons. The second-order valence-corrected chi connectivity index (χ2v) is 10.2. The molecule has 0 bridgehead atoms. The molecule has 1 N–H and O–H groups in total. The first-order valence-corrected chi connectivity index (χ1v) is 12.1. The van der Waals surface area contributed by atoms with Crippen molar-refractivity contribution in [3.05, 3.63) is 59.7 Å². The zero-order chi connectivity index (χ0) is 21.1. The highest BCUT2D eigenvalue weighted by atomic mass is 32.2. The Morgan fingerprint density at radius 3 is 2.57 bits per heavy atom. The smallest absolute Gasteiger partial charge is 0.243 e. The maximum Gasteiger partial charge on any atom is 0.243 e. The number of carbonyl (C=O) groups is 1. The summed E-state index contributed by atoms with van der Waals surface area (Å²) in [6.07, 6.45) is 3.90. The van der Waals surface area contributed by atoms with Crippen LogP contribution in [0.5, 0.6) is 0 Å². The summed E-state index contributed by atoms with van der Waals surface area (Å²) >= 11 is 0. The summed E-state index contributed by atoms with van der Waals surface area (Å²) in [6, 6.07) is 15.3. The van der Waals surface area contributed by atoms with E-state index in [1.807, 2.05) is 0 Å². The van der Waals surface area contributed by atoms with Crippen molar-refractivity contribution in [2.24, 2.45) is 0 Å². The van der Waals surface area contributed by atoms with Crippen LogP contribution in [-0.4, -0.2) is 49.7 Å². The third-order valence-electron chi connectivity index (χ3n) is 5.96. The van der Waals surface area contributed by atoms with E-state index >= 15 is 0 Å². The number of nitrogens with one attached hydrogen (secondary N) is 1. The van der Waals surface area contributed by atoms with Crippen LogP contribution in [0.4, 0.5) is 5.69 Å². The number of hydrogen-bond acceptors (Lipinski definition) is 4. The summed E-state index contributed by atoms with van der Waals surface area (Å²) in [6.45, 7) is 4.39. The predicted molar refractivity (Wildman–Crippen MR) is 118 cm³/mol. The Morgan fingerprint density at radius 1 is 1.03 bits per heavy atom. The minimum atomic E-state index is -3.50. The number of likely N-dealkylation sites (tertiary alicyclic amines) is 1. The lowest BCUT2D eigenvalue weighted by atomic mass is 10.0. The summed E-state index contributed by atoms with van der Waals surface area (Å²) in [5.41, 5.74) is 2.99. The van der Waals surface area contributed by atoms with Gasteiger partial charge < -0.3 is 5.32 Å². The summed E-state index contributed by atoms with van der Waals surface area (Å²) in [7, 11) is -3.50. The van der Waals surface area contributed by atoms with Gasteiger partial charge in [-0.1, -0.05) is 35.9 Å². The Morgan fingerprint density at radius 2 is 1.80 bits per heavy atom. The van der Waals surface area contributed by atoms with E-state index in [0.717, 1.165) is 32.2 Å². The zero-order valence-electron chi connectivity index (χ0n) is 17.4. The lowest BCUT2D eigenvalue weighted by Gasteiger charge is -2.24.